The van der Waals surface area contributed by atoms with Crippen molar-refractivity contribution in [3.63, 3.8) is 0 Å². The van der Waals surface area contributed by atoms with Gasteiger partial charge in [0.1, 0.15) is 5.75 Å². The van der Waals surface area contributed by atoms with Crippen LogP contribution in [0.1, 0.15) is 12.5 Å². The molecule has 96 valence electrons. The molecule has 0 aliphatic heterocycles. The van der Waals surface area contributed by atoms with E-state index in [1.165, 1.54) is 6.92 Å². The van der Waals surface area contributed by atoms with Crippen molar-refractivity contribution in [2.24, 2.45) is 0 Å². The zero-order chi connectivity index (χ0) is 13.4. The van der Waals surface area contributed by atoms with Gasteiger partial charge in [-0.2, -0.15) is 0 Å². The lowest BCUT2D eigenvalue weighted by Gasteiger charge is -2.06. The molecule has 0 heterocycles. The molecule has 5 heteroatoms. The predicted octanol–water partition coefficient (Wildman–Crippen LogP) is 1.30. The average Bonchev–Trinajstić information content (AvgIpc) is 2.33. The first kappa shape index (κ1) is 13.8. The van der Waals surface area contributed by atoms with Gasteiger partial charge in [-0.1, -0.05) is 30.4 Å². The first-order valence-corrected chi connectivity index (χ1v) is 5.44. The maximum Gasteiger partial charge on any atom is 0.341 e. The van der Waals surface area contributed by atoms with Gasteiger partial charge in [-0.05, 0) is 6.07 Å². The van der Waals surface area contributed by atoms with E-state index in [0.29, 0.717) is 12.3 Å². The molecule has 0 aliphatic carbocycles. The van der Waals surface area contributed by atoms with Gasteiger partial charge >= 0.3 is 5.97 Å². The van der Waals surface area contributed by atoms with Crippen molar-refractivity contribution in [1.29, 1.82) is 0 Å². The van der Waals surface area contributed by atoms with Crippen molar-refractivity contribution in [2.45, 2.75) is 6.92 Å². The second-order valence-corrected chi connectivity index (χ2v) is 3.56. The standard InChI is InChI=1S/C13H15NO4/c1-10(15)14-8-4-6-11-5-2-3-7-12(11)18-9-13(16)17/h2-7H,8-9H2,1H3,(H,14,15)(H,16,17). The molecule has 0 spiro atoms. The number of carboxylic acids is 1. The summed E-state index contributed by atoms with van der Waals surface area (Å²) in [5.74, 6) is -0.624. The highest BCUT2D eigenvalue weighted by molar-refractivity contribution is 5.73. The fourth-order valence-corrected chi connectivity index (χ4v) is 1.28. The van der Waals surface area contributed by atoms with Gasteiger partial charge in [-0.3, -0.25) is 4.79 Å². The third-order valence-electron chi connectivity index (χ3n) is 2.04. The van der Waals surface area contributed by atoms with E-state index in [1.54, 1.807) is 30.4 Å². The van der Waals surface area contributed by atoms with Crippen LogP contribution < -0.4 is 10.1 Å². The number of ether oxygens (including phenoxy) is 1. The van der Waals surface area contributed by atoms with Crippen LogP contribution in [0.15, 0.2) is 30.3 Å². The fraction of sp³-hybridized carbons (Fsp3) is 0.231. The second-order valence-electron chi connectivity index (χ2n) is 3.56. The van der Waals surface area contributed by atoms with E-state index in [-0.39, 0.29) is 12.5 Å². The normalized spacial score (nSPS) is 10.3. The van der Waals surface area contributed by atoms with Gasteiger partial charge in [0.2, 0.25) is 5.91 Å². The van der Waals surface area contributed by atoms with Gasteiger partial charge in [0.15, 0.2) is 6.61 Å². The minimum atomic E-state index is -1.02. The second kappa shape index (κ2) is 7.11. The van der Waals surface area contributed by atoms with Crippen molar-refractivity contribution in [2.75, 3.05) is 13.2 Å². The molecule has 0 saturated carbocycles. The topological polar surface area (TPSA) is 75.6 Å². The third-order valence-corrected chi connectivity index (χ3v) is 2.04. The largest absolute Gasteiger partial charge is 0.481 e. The van der Waals surface area contributed by atoms with E-state index in [1.807, 2.05) is 6.07 Å². The molecule has 18 heavy (non-hydrogen) atoms. The number of aliphatic carboxylic acids is 1. The quantitative estimate of drug-likeness (QED) is 0.796. The van der Waals surface area contributed by atoms with Gasteiger partial charge in [0.25, 0.3) is 0 Å². The molecule has 0 bridgehead atoms. The summed E-state index contributed by atoms with van der Waals surface area (Å²) in [4.78, 5) is 21.1. The smallest absolute Gasteiger partial charge is 0.341 e. The molecule has 1 aromatic carbocycles. The summed E-state index contributed by atoms with van der Waals surface area (Å²) in [6.07, 6.45) is 3.54. The summed E-state index contributed by atoms with van der Waals surface area (Å²) in [6, 6.07) is 7.09. The SMILES string of the molecule is CC(=O)NCC=Cc1ccccc1OCC(=O)O. The molecule has 1 amide bonds. The van der Waals surface area contributed by atoms with Crippen LogP contribution in [-0.2, 0) is 9.59 Å². The third kappa shape index (κ3) is 5.16. The molecule has 0 fully saturated rings. The maximum atomic E-state index is 10.7. The lowest BCUT2D eigenvalue weighted by atomic mass is 10.2. The van der Waals surface area contributed by atoms with Gasteiger partial charge in [0.05, 0.1) is 0 Å². The van der Waals surface area contributed by atoms with E-state index in [2.05, 4.69) is 5.32 Å². The van der Waals surface area contributed by atoms with Crippen LogP contribution in [0.5, 0.6) is 5.75 Å². The number of hydrogen-bond donors (Lipinski definition) is 2. The van der Waals surface area contributed by atoms with Crippen LogP contribution >= 0.6 is 0 Å². The number of carbonyl (C=O) groups excluding carboxylic acids is 1. The minimum absolute atomic E-state index is 0.102. The van der Waals surface area contributed by atoms with Gasteiger partial charge < -0.3 is 15.2 Å². The average molecular weight is 249 g/mol. The fourth-order valence-electron chi connectivity index (χ4n) is 1.28. The summed E-state index contributed by atoms with van der Waals surface area (Å²) >= 11 is 0. The summed E-state index contributed by atoms with van der Waals surface area (Å²) in [5, 5.41) is 11.2. The Labute approximate surface area is 105 Å². The molecule has 0 saturated heterocycles. The Morgan fingerprint density at radius 1 is 1.39 bits per heavy atom. The summed E-state index contributed by atoms with van der Waals surface area (Å²) < 4.78 is 5.14. The van der Waals surface area contributed by atoms with Crippen LogP contribution in [0.3, 0.4) is 0 Å². The molecular formula is C13H15NO4. The monoisotopic (exact) mass is 249 g/mol. The van der Waals surface area contributed by atoms with Gasteiger partial charge in [0, 0.05) is 19.0 Å². The lowest BCUT2D eigenvalue weighted by molar-refractivity contribution is -0.139. The molecule has 1 rings (SSSR count). The Balaban J connectivity index is 2.63. The number of rotatable bonds is 6. The molecule has 0 atom stereocenters. The number of carbonyl (C=O) groups is 2. The van der Waals surface area contributed by atoms with E-state index < -0.39 is 5.97 Å². The number of hydrogen-bond acceptors (Lipinski definition) is 3. The van der Waals surface area contributed by atoms with E-state index in [0.717, 1.165) is 5.56 Å². The first-order chi connectivity index (χ1) is 8.59. The minimum Gasteiger partial charge on any atom is -0.481 e. The number of nitrogens with one attached hydrogen (secondary N) is 1. The Hall–Kier alpha value is -2.30. The molecule has 1 aromatic rings. The number of benzene rings is 1. The van der Waals surface area contributed by atoms with E-state index in [4.69, 9.17) is 9.84 Å². The highest BCUT2D eigenvalue weighted by atomic mass is 16.5. The van der Waals surface area contributed by atoms with Gasteiger partial charge in [-0.15, -0.1) is 0 Å². The molecule has 0 aliphatic rings. The number of amides is 1. The highest BCUT2D eigenvalue weighted by Crippen LogP contribution is 2.19. The van der Waals surface area contributed by atoms with Crippen LogP contribution in [0.25, 0.3) is 6.08 Å². The van der Waals surface area contributed by atoms with Gasteiger partial charge in [-0.25, -0.2) is 4.79 Å². The van der Waals surface area contributed by atoms with Crippen LogP contribution in [0.2, 0.25) is 0 Å². The lowest BCUT2D eigenvalue weighted by Crippen LogP contribution is -2.19. The Morgan fingerprint density at radius 2 is 2.11 bits per heavy atom. The molecule has 2 N–H and O–H groups in total. The summed E-state index contributed by atoms with van der Waals surface area (Å²) in [6.45, 7) is 1.48. The zero-order valence-corrected chi connectivity index (χ0v) is 10.1. The Kier molecular flexibility index (Phi) is 5.44. The van der Waals surface area contributed by atoms with Crippen LogP contribution in [-0.4, -0.2) is 30.1 Å². The zero-order valence-electron chi connectivity index (χ0n) is 10.1. The van der Waals surface area contributed by atoms with E-state index >= 15 is 0 Å². The summed E-state index contributed by atoms with van der Waals surface area (Å²) in [5.41, 5.74) is 0.768. The van der Waals surface area contributed by atoms with Crippen LogP contribution in [0, 0.1) is 0 Å². The first-order valence-electron chi connectivity index (χ1n) is 5.44. The maximum absolute atomic E-state index is 10.7. The number of carboxylic acid groups (broad SMARTS) is 1. The molecule has 0 aromatic heterocycles. The molecular weight excluding hydrogens is 234 g/mol. The Morgan fingerprint density at radius 3 is 2.78 bits per heavy atom. The van der Waals surface area contributed by atoms with Crippen molar-refractivity contribution in [3.05, 3.63) is 35.9 Å². The molecule has 5 nitrogen and oxygen atoms in total. The van der Waals surface area contributed by atoms with Crippen molar-refractivity contribution >= 4 is 18.0 Å². The predicted molar refractivity (Wildman–Crippen MR) is 67.3 cm³/mol. The van der Waals surface area contributed by atoms with Crippen LogP contribution in [0.4, 0.5) is 0 Å². The molecule has 0 radical (unpaired) electrons. The molecule has 0 unspecified atom stereocenters. The van der Waals surface area contributed by atoms with Crippen molar-refractivity contribution < 1.29 is 19.4 Å². The van der Waals surface area contributed by atoms with Crippen molar-refractivity contribution in [3.8, 4) is 5.75 Å². The highest BCUT2D eigenvalue weighted by Gasteiger charge is 2.02. The summed E-state index contributed by atoms with van der Waals surface area (Å²) in [7, 11) is 0. The number of para-hydroxylation sites is 1. The Bertz CT molecular complexity index is 454. The van der Waals surface area contributed by atoms with E-state index in [9.17, 15) is 9.59 Å². The van der Waals surface area contributed by atoms with Crippen molar-refractivity contribution in [1.82, 2.24) is 5.32 Å².